The number of nitrogens with zero attached hydrogens (tertiary/aromatic N) is 1. The second-order valence-electron chi connectivity index (χ2n) is 5.44. The van der Waals surface area contributed by atoms with Gasteiger partial charge in [-0.25, -0.2) is 0 Å². The third-order valence-electron chi connectivity index (χ3n) is 2.92. The molecule has 1 aromatic rings. The Morgan fingerprint density at radius 3 is 2.28 bits per heavy atom. The molecule has 5 heteroatoms. The number of non-ortho nitro benzene ring substituents is 1. The number of epoxide rings is 1. The molecule has 0 spiro atoms. The summed E-state index contributed by atoms with van der Waals surface area (Å²) in [6.07, 6.45) is -0.663. The third-order valence-corrected chi connectivity index (χ3v) is 2.92. The van der Waals surface area contributed by atoms with Gasteiger partial charge in [0.1, 0.15) is 12.2 Å². The number of hydrogen-bond donors (Lipinski definition) is 0. The molecule has 0 aromatic heterocycles. The number of benzene rings is 1. The largest absolute Gasteiger partial charge is 0.356 e. The highest BCUT2D eigenvalue weighted by Crippen LogP contribution is 2.42. The van der Waals surface area contributed by atoms with E-state index in [-0.39, 0.29) is 17.6 Å². The summed E-state index contributed by atoms with van der Waals surface area (Å²) < 4.78 is 5.37. The molecule has 2 rings (SSSR count). The van der Waals surface area contributed by atoms with Crippen molar-refractivity contribution in [2.45, 2.75) is 33.0 Å². The van der Waals surface area contributed by atoms with Gasteiger partial charge in [0.05, 0.1) is 4.92 Å². The molecule has 1 heterocycles. The van der Waals surface area contributed by atoms with Crippen molar-refractivity contribution in [2.24, 2.45) is 5.41 Å². The molecule has 0 aliphatic carbocycles. The van der Waals surface area contributed by atoms with Gasteiger partial charge >= 0.3 is 0 Å². The Labute approximate surface area is 105 Å². The first kappa shape index (κ1) is 12.7. The molecule has 1 aliphatic rings. The molecule has 1 fully saturated rings. The Morgan fingerprint density at radius 1 is 1.28 bits per heavy atom. The molecule has 0 saturated carbocycles. The molecule has 1 aromatic carbocycles. The van der Waals surface area contributed by atoms with E-state index >= 15 is 0 Å². The third kappa shape index (κ3) is 2.41. The van der Waals surface area contributed by atoms with Crippen LogP contribution in [0.3, 0.4) is 0 Å². The maximum Gasteiger partial charge on any atom is 0.269 e. The molecular weight excluding hydrogens is 234 g/mol. The minimum atomic E-state index is -0.449. The number of hydrogen-bond acceptors (Lipinski definition) is 4. The predicted octanol–water partition coefficient (Wildman–Crippen LogP) is 2.65. The number of carbonyl (C=O) groups is 1. The van der Waals surface area contributed by atoms with Crippen LogP contribution in [-0.4, -0.2) is 16.8 Å². The predicted molar refractivity (Wildman–Crippen MR) is 65.2 cm³/mol. The van der Waals surface area contributed by atoms with Crippen molar-refractivity contribution >= 4 is 11.5 Å². The summed E-state index contributed by atoms with van der Waals surface area (Å²) in [5, 5.41) is 10.5. The van der Waals surface area contributed by atoms with E-state index in [1.807, 2.05) is 20.8 Å². The summed E-state index contributed by atoms with van der Waals surface area (Å²) >= 11 is 0. The quantitative estimate of drug-likeness (QED) is 0.469. The number of nitro benzene ring substituents is 1. The van der Waals surface area contributed by atoms with Crippen LogP contribution in [-0.2, 0) is 9.53 Å². The summed E-state index contributed by atoms with van der Waals surface area (Å²) in [4.78, 5) is 22.0. The zero-order chi connectivity index (χ0) is 13.5. The SMILES string of the molecule is CC(C)(C)C(=O)[C@H]1O[C@H]1c1ccc([N+](=O)[O-])cc1. The van der Waals surface area contributed by atoms with Gasteiger partial charge in [-0.15, -0.1) is 0 Å². The molecule has 18 heavy (non-hydrogen) atoms. The van der Waals surface area contributed by atoms with Crippen molar-refractivity contribution < 1.29 is 14.5 Å². The van der Waals surface area contributed by atoms with Crippen LogP contribution in [0.5, 0.6) is 0 Å². The van der Waals surface area contributed by atoms with Crippen LogP contribution in [0.1, 0.15) is 32.4 Å². The van der Waals surface area contributed by atoms with Crippen molar-refractivity contribution in [3.05, 3.63) is 39.9 Å². The fraction of sp³-hybridized carbons (Fsp3) is 0.462. The maximum atomic E-state index is 12.0. The number of rotatable bonds is 3. The van der Waals surface area contributed by atoms with Crippen molar-refractivity contribution in [3.8, 4) is 0 Å². The zero-order valence-electron chi connectivity index (χ0n) is 10.5. The lowest BCUT2D eigenvalue weighted by molar-refractivity contribution is -0.384. The molecule has 2 atom stereocenters. The van der Waals surface area contributed by atoms with E-state index in [9.17, 15) is 14.9 Å². The number of Topliss-reactive ketones (excluding diaryl/α,β-unsaturated/α-hetero) is 1. The van der Waals surface area contributed by atoms with E-state index in [0.717, 1.165) is 5.56 Å². The Morgan fingerprint density at radius 2 is 1.83 bits per heavy atom. The number of carbonyl (C=O) groups excluding carboxylic acids is 1. The number of ether oxygens (including phenoxy) is 1. The monoisotopic (exact) mass is 249 g/mol. The van der Waals surface area contributed by atoms with Crippen molar-refractivity contribution in [1.82, 2.24) is 0 Å². The van der Waals surface area contributed by atoms with Gasteiger partial charge in [0, 0.05) is 17.5 Å². The van der Waals surface area contributed by atoms with Gasteiger partial charge in [-0.3, -0.25) is 14.9 Å². The van der Waals surface area contributed by atoms with E-state index in [1.165, 1.54) is 12.1 Å². The molecule has 1 aliphatic heterocycles. The molecule has 5 nitrogen and oxygen atoms in total. The molecule has 1 saturated heterocycles. The molecule has 0 amide bonds. The summed E-state index contributed by atoms with van der Waals surface area (Å²) in [7, 11) is 0. The summed E-state index contributed by atoms with van der Waals surface area (Å²) in [5.41, 5.74) is 0.418. The standard InChI is InChI=1S/C13H15NO4/c1-13(2,3)12(15)11-10(18-11)8-4-6-9(7-5-8)14(16)17/h4-7,10-11H,1-3H3/t10-,11-/m0/s1. The highest BCUT2D eigenvalue weighted by Gasteiger charge is 2.49. The van der Waals surface area contributed by atoms with Crippen LogP contribution in [0.15, 0.2) is 24.3 Å². The summed E-state index contributed by atoms with van der Waals surface area (Å²) in [6.45, 7) is 5.55. The lowest BCUT2D eigenvalue weighted by Crippen LogP contribution is -2.25. The van der Waals surface area contributed by atoms with E-state index in [1.54, 1.807) is 12.1 Å². The lowest BCUT2D eigenvalue weighted by atomic mass is 9.87. The topological polar surface area (TPSA) is 72.7 Å². The highest BCUT2D eigenvalue weighted by atomic mass is 16.6. The maximum absolute atomic E-state index is 12.0. The van der Waals surface area contributed by atoms with Crippen LogP contribution in [0.2, 0.25) is 0 Å². The number of nitro groups is 1. The van der Waals surface area contributed by atoms with Crippen LogP contribution in [0.4, 0.5) is 5.69 Å². The zero-order valence-corrected chi connectivity index (χ0v) is 10.5. The van der Waals surface area contributed by atoms with E-state index in [0.29, 0.717) is 0 Å². The van der Waals surface area contributed by atoms with E-state index < -0.39 is 16.4 Å². The summed E-state index contributed by atoms with van der Waals surface area (Å²) in [5.74, 6) is 0.0610. The van der Waals surface area contributed by atoms with Gasteiger partial charge in [0.2, 0.25) is 0 Å². The Balaban J connectivity index is 2.08. The summed E-state index contributed by atoms with van der Waals surface area (Å²) in [6, 6.07) is 6.13. The highest BCUT2D eigenvalue weighted by molar-refractivity contribution is 5.90. The Kier molecular flexibility index (Phi) is 2.94. The van der Waals surface area contributed by atoms with Crippen molar-refractivity contribution in [3.63, 3.8) is 0 Å². The first-order valence-electron chi connectivity index (χ1n) is 5.75. The first-order valence-corrected chi connectivity index (χ1v) is 5.75. The molecule has 0 bridgehead atoms. The molecule has 0 radical (unpaired) electrons. The van der Waals surface area contributed by atoms with Crippen LogP contribution >= 0.6 is 0 Å². The minimum Gasteiger partial charge on any atom is -0.356 e. The van der Waals surface area contributed by atoms with Crippen LogP contribution < -0.4 is 0 Å². The average Bonchev–Trinajstić information content (AvgIpc) is 3.06. The van der Waals surface area contributed by atoms with Gasteiger partial charge in [0.15, 0.2) is 5.78 Å². The van der Waals surface area contributed by atoms with Crippen molar-refractivity contribution in [1.29, 1.82) is 0 Å². The normalized spacial score (nSPS) is 22.6. The van der Waals surface area contributed by atoms with E-state index in [2.05, 4.69) is 0 Å². The van der Waals surface area contributed by atoms with Crippen LogP contribution in [0.25, 0.3) is 0 Å². The first-order chi connectivity index (χ1) is 8.30. The van der Waals surface area contributed by atoms with Crippen LogP contribution in [0, 0.1) is 15.5 Å². The van der Waals surface area contributed by atoms with Gasteiger partial charge in [-0.2, -0.15) is 0 Å². The molecule has 0 unspecified atom stereocenters. The van der Waals surface area contributed by atoms with E-state index in [4.69, 9.17) is 4.74 Å². The minimum absolute atomic E-state index is 0.0399. The number of ketones is 1. The Hall–Kier alpha value is -1.75. The second-order valence-corrected chi connectivity index (χ2v) is 5.44. The molecule has 96 valence electrons. The fourth-order valence-corrected chi connectivity index (χ4v) is 1.78. The molecule has 0 N–H and O–H groups in total. The second kappa shape index (κ2) is 4.17. The smallest absolute Gasteiger partial charge is 0.269 e. The fourth-order valence-electron chi connectivity index (χ4n) is 1.78. The lowest BCUT2D eigenvalue weighted by Gasteiger charge is -2.14. The van der Waals surface area contributed by atoms with Crippen molar-refractivity contribution in [2.75, 3.05) is 0 Å². The van der Waals surface area contributed by atoms with Gasteiger partial charge < -0.3 is 4.74 Å². The molecular formula is C13H15NO4. The Bertz CT molecular complexity index is 487. The average molecular weight is 249 g/mol. The van der Waals surface area contributed by atoms with Gasteiger partial charge in [-0.1, -0.05) is 20.8 Å². The van der Waals surface area contributed by atoms with Gasteiger partial charge in [-0.05, 0) is 17.7 Å². The van der Waals surface area contributed by atoms with Gasteiger partial charge in [0.25, 0.3) is 5.69 Å².